The lowest BCUT2D eigenvalue weighted by atomic mass is 10.0. The van der Waals surface area contributed by atoms with E-state index in [1.807, 2.05) is 47.4 Å². The summed E-state index contributed by atoms with van der Waals surface area (Å²) in [4.78, 5) is 7.65. The highest BCUT2D eigenvalue weighted by molar-refractivity contribution is 7.80. The Bertz CT molecular complexity index is 852. The van der Waals surface area contributed by atoms with Gasteiger partial charge in [0.1, 0.15) is 5.75 Å². The van der Waals surface area contributed by atoms with Gasteiger partial charge < -0.3 is 15.3 Å². The number of aromatic nitrogens is 1. The molecule has 0 bridgehead atoms. The van der Waals surface area contributed by atoms with E-state index in [0.29, 0.717) is 10.8 Å². The first kappa shape index (κ1) is 15.1. The molecule has 0 saturated carbocycles. The fourth-order valence-electron chi connectivity index (χ4n) is 3.03. The van der Waals surface area contributed by atoms with Crippen molar-refractivity contribution in [2.24, 2.45) is 0 Å². The first-order chi connectivity index (χ1) is 11.8. The van der Waals surface area contributed by atoms with Gasteiger partial charge in [-0.3, -0.25) is 4.98 Å². The monoisotopic (exact) mass is 353 g/mol. The van der Waals surface area contributed by atoms with Gasteiger partial charge in [-0.05, 0) is 47.9 Å². The summed E-state index contributed by atoms with van der Waals surface area (Å²) in [6.07, 6.45) is 1.79. The molecule has 1 fully saturated rings. The number of nitrogens with zero attached hydrogens (tertiary/aromatic N) is 2. The van der Waals surface area contributed by atoms with E-state index >= 15 is 0 Å². The minimum absolute atomic E-state index is 0.0549. The van der Waals surface area contributed by atoms with Gasteiger partial charge in [-0.15, -0.1) is 11.3 Å². The second-order valence-corrected chi connectivity index (χ2v) is 6.87. The SMILES string of the molecule is Oc1ccccc1N1C(=S)NC(c2ccccn2)C1c1cccs1. The molecule has 0 spiro atoms. The molecular formula is C18H15N3OS2. The van der Waals surface area contributed by atoms with Gasteiger partial charge in [-0.25, -0.2) is 0 Å². The van der Waals surface area contributed by atoms with Crippen molar-refractivity contribution in [2.45, 2.75) is 12.1 Å². The van der Waals surface area contributed by atoms with Crippen LogP contribution in [0.2, 0.25) is 0 Å². The number of thiocarbonyl (C=S) groups is 1. The first-order valence-electron chi connectivity index (χ1n) is 7.58. The lowest BCUT2D eigenvalue weighted by molar-refractivity contribution is 0.473. The number of para-hydroxylation sites is 2. The van der Waals surface area contributed by atoms with E-state index in [4.69, 9.17) is 12.2 Å². The Morgan fingerprint density at radius 1 is 1.08 bits per heavy atom. The number of pyridine rings is 1. The normalized spacial score (nSPS) is 20.2. The van der Waals surface area contributed by atoms with E-state index < -0.39 is 0 Å². The van der Waals surface area contributed by atoms with Crippen LogP contribution in [0.5, 0.6) is 5.75 Å². The average molecular weight is 353 g/mol. The molecule has 1 aromatic carbocycles. The number of rotatable bonds is 3. The molecule has 3 aromatic rings. The van der Waals surface area contributed by atoms with Crippen LogP contribution in [0, 0.1) is 0 Å². The van der Waals surface area contributed by atoms with Crippen molar-refractivity contribution in [1.29, 1.82) is 0 Å². The zero-order chi connectivity index (χ0) is 16.5. The number of phenolic OH excluding ortho intramolecular Hbond substituents is 1. The minimum atomic E-state index is -0.0723. The summed E-state index contributed by atoms with van der Waals surface area (Å²) in [5.74, 6) is 0.213. The standard InChI is InChI=1S/C18H15N3OS2/c22-14-8-2-1-7-13(14)21-17(15-9-5-11-24-15)16(20-18(21)23)12-6-3-4-10-19-12/h1-11,16-17,22H,(H,20,23). The number of nitrogens with one attached hydrogen (secondary N) is 1. The molecule has 0 aliphatic carbocycles. The molecule has 0 radical (unpaired) electrons. The van der Waals surface area contributed by atoms with Crippen molar-refractivity contribution >= 4 is 34.4 Å². The maximum Gasteiger partial charge on any atom is 0.174 e. The van der Waals surface area contributed by atoms with E-state index in [1.165, 1.54) is 4.88 Å². The Labute approximate surface area is 149 Å². The molecular weight excluding hydrogens is 338 g/mol. The molecule has 1 aliphatic heterocycles. The summed E-state index contributed by atoms with van der Waals surface area (Å²) < 4.78 is 0. The van der Waals surface area contributed by atoms with Crippen LogP contribution >= 0.6 is 23.6 Å². The number of hydrogen-bond donors (Lipinski definition) is 2. The second-order valence-electron chi connectivity index (χ2n) is 5.50. The fourth-order valence-corrected chi connectivity index (χ4v) is 4.22. The molecule has 2 N–H and O–H groups in total. The molecule has 2 aromatic heterocycles. The molecule has 1 aliphatic rings. The fraction of sp³-hybridized carbons (Fsp3) is 0.111. The summed E-state index contributed by atoms with van der Waals surface area (Å²) in [5.41, 5.74) is 1.63. The highest BCUT2D eigenvalue weighted by Gasteiger charge is 2.41. The lowest BCUT2D eigenvalue weighted by Crippen LogP contribution is -2.29. The highest BCUT2D eigenvalue weighted by atomic mass is 32.1. The van der Waals surface area contributed by atoms with Crippen LogP contribution in [-0.2, 0) is 0 Å². The van der Waals surface area contributed by atoms with Crippen molar-refractivity contribution in [3.8, 4) is 5.75 Å². The van der Waals surface area contributed by atoms with Gasteiger partial charge in [-0.1, -0.05) is 24.3 Å². The van der Waals surface area contributed by atoms with Gasteiger partial charge in [0.15, 0.2) is 5.11 Å². The third-order valence-corrected chi connectivity index (χ3v) is 5.33. The average Bonchev–Trinajstić information content (AvgIpc) is 3.24. The van der Waals surface area contributed by atoms with Crippen LogP contribution in [0.4, 0.5) is 5.69 Å². The molecule has 6 heteroatoms. The molecule has 1 saturated heterocycles. The number of aromatic hydroxyl groups is 1. The Balaban J connectivity index is 1.84. The van der Waals surface area contributed by atoms with Crippen molar-refractivity contribution in [1.82, 2.24) is 10.3 Å². The van der Waals surface area contributed by atoms with E-state index in [2.05, 4.69) is 21.7 Å². The Morgan fingerprint density at radius 3 is 2.62 bits per heavy atom. The highest BCUT2D eigenvalue weighted by Crippen LogP contribution is 2.45. The van der Waals surface area contributed by atoms with Gasteiger partial charge in [0.25, 0.3) is 0 Å². The summed E-state index contributed by atoms with van der Waals surface area (Å²) >= 11 is 7.26. The smallest absolute Gasteiger partial charge is 0.174 e. The quantitative estimate of drug-likeness (QED) is 0.696. The summed E-state index contributed by atoms with van der Waals surface area (Å²) in [5, 5.41) is 16.3. The van der Waals surface area contributed by atoms with Crippen molar-refractivity contribution in [3.63, 3.8) is 0 Å². The van der Waals surface area contributed by atoms with Crippen LogP contribution in [0.3, 0.4) is 0 Å². The third kappa shape index (κ3) is 2.53. The van der Waals surface area contributed by atoms with Crippen molar-refractivity contribution < 1.29 is 5.11 Å². The molecule has 3 heterocycles. The van der Waals surface area contributed by atoms with E-state index in [1.54, 1.807) is 23.6 Å². The van der Waals surface area contributed by atoms with Crippen LogP contribution in [0.1, 0.15) is 22.7 Å². The summed E-state index contributed by atoms with van der Waals surface area (Å²) in [7, 11) is 0. The van der Waals surface area contributed by atoms with Crippen molar-refractivity contribution in [2.75, 3.05) is 4.90 Å². The molecule has 4 rings (SSSR count). The van der Waals surface area contributed by atoms with E-state index in [0.717, 1.165) is 5.69 Å². The number of thiophene rings is 1. The predicted molar refractivity (Wildman–Crippen MR) is 100 cm³/mol. The molecule has 4 nitrogen and oxygen atoms in total. The third-order valence-electron chi connectivity index (χ3n) is 4.07. The Hall–Kier alpha value is -2.44. The van der Waals surface area contributed by atoms with Gasteiger partial charge in [0, 0.05) is 11.1 Å². The molecule has 2 unspecified atom stereocenters. The molecule has 120 valence electrons. The molecule has 0 amide bonds. The summed E-state index contributed by atoms with van der Waals surface area (Å²) in [6.45, 7) is 0. The van der Waals surface area contributed by atoms with Crippen LogP contribution in [0.25, 0.3) is 0 Å². The summed E-state index contributed by atoms with van der Waals surface area (Å²) in [6, 6.07) is 17.1. The van der Waals surface area contributed by atoms with Gasteiger partial charge in [0.2, 0.25) is 0 Å². The largest absolute Gasteiger partial charge is 0.506 e. The van der Waals surface area contributed by atoms with E-state index in [9.17, 15) is 5.11 Å². The Morgan fingerprint density at radius 2 is 1.92 bits per heavy atom. The maximum absolute atomic E-state index is 10.3. The van der Waals surface area contributed by atoms with Crippen LogP contribution in [-0.4, -0.2) is 15.2 Å². The zero-order valence-corrected chi connectivity index (χ0v) is 14.3. The van der Waals surface area contributed by atoms with E-state index in [-0.39, 0.29) is 17.8 Å². The molecule has 2 atom stereocenters. The zero-order valence-electron chi connectivity index (χ0n) is 12.7. The number of hydrogen-bond acceptors (Lipinski definition) is 4. The number of phenols is 1. The Kier molecular flexibility index (Phi) is 3.92. The van der Waals surface area contributed by atoms with Gasteiger partial charge in [-0.2, -0.15) is 0 Å². The van der Waals surface area contributed by atoms with Gasteiger partial charge in [0.05, 0.1) is 23.5 Å². The maximum atomic E-state index is 10.3. The predicted octanol–water partition coefficient (Wildman–Crippen LogP) is 4.03. The van der Waals surface area contributed by atoms with Crippen LogP contribution in [0.15, 0.2) is 66.2 Å². The lowest BCUT2D eigenvalue weighted by Gasteiger charge is -2.27. The number of anilines is 1. The minimum Gasteiger partial charge on any atom is -0.506 e. The first-order valence-corrected chi connectivity index (χ1v) is 8.86. The van der Waals surface area contributed by atoms with Gasteiger partial charge >= 0.3 is 0 Å². The molecule has 24 heavy (non-hydrogen) atoms. The van der Waals surface area contributed by atoms with Crippen molar-refractivity contribution in [3.05, 3.63) is 76.7 Å². The second kappa shape index (κ2) is 6.22. The topological polar surface area (TPSA) is 48.4 Å². The van der Waals surface area contributed by atoms with Crippen LogP contribution < -0.4 is 10.2 Å². The number of benzene rings is 1.